The number of carboxylic acid groups (broad SMARTS) is 1. The molecule has 0 heterocycles. The number of rotatable bonds is 3. The van der Waals surface area contributed by atoms with Crippen molar-refractivity contribution in [2.45, 2.75) is 78.0 Å². The number of aliphatic carboxylic acids is 1. The molecule has 1 amide bonds. The zero-order valence-electron chi connectivity index (χ0n) is 13.4. The fraction of sp³-hybridized carbons (Fsp3) is 0.867. The van der Waals surface area contributed by atoms with Gasteiger partial charge in [0.05, 0.1) is 0 Å². The second-order valence-electron chi connectivity index (χ2n) is 7.13. The highest BCUT2D eigenvalue weighted by molar-refractivity contribution is 5.85. The van der Waals surface area contributed by atoms with Crippen LogP contribution in [0.1, 0.15) is 60.8 Å². The van der Waals surface area contributed by atoms with Gasteiger partial charge in [-0.15, -0.1) is 0 Å². The summed E-state index contributed by atoms with van der Waals surface area (Å²) < 4.78 is 5.41. The Bertz CT molecular complexity index is 386. The predicted molar refractivity (Wildman–Crippen MR) is 76.6 cm³/mol. The van der Waals surface area contributed by atoms with Crippen molar-refractivity contribution in [3.63, 3.8) is 0 Å². The molecule has 0 aromatic rings. The van der Waals surface area contributed by atoms with Crippen molar-refractivity contribution < 1.29 is 19.4 Å². The summed E-state index contributed by atoms with van der Waals surface area (Å²) in [7, 11) is 0. The topological polar surface area (TPSA) is 66.8 Å². The van der Waals surface area contributed by atoms with E-state index >= 15 is 0 Å². The minimum Gasteiger partial charge on any atom is -0.479 e. The SMILES string of the molecule is CC1CCC(C(=O)O)(N(C(=O)OC(C)(C)C)C(C)C)C1. The van der Waals surface area contributed by atoms with Gasteiger partial charge in [-0.25, -0.2) is 9.59 Å². The molecule has 5 nitrogen and oxygen atoms in total. The van der Waals surface area contributed by atoms with Gasteiger partial charge in [-0.2, -0.15) is 0 Å². The van der Waals surface area contributed by atoms with Gasteiger partial charge in [0, 0.05) is 6.04 Å². The van der Waals surface area contributed by atoms with Gasteiger partial charge in [0.25, 0.3) is 0 Å². The van der Waals surface area contributed by atoms with Crippen LogP contribution in [-0.4, -0.2) is 39.3 Å². The van der Waals surface area contributed by atoms with Crippen molar-refractivity contribution in [1.82, 2.24) is 4.90 Å². The van der Waals surface area contributed by atoms with E-state index < -0.39 is 23.2 Å². The average Bonchev–Trinajstić information content (AvgIpc) is 2.58. The molecule has 0 aromatic carbocycles. The van der Waals surface area contributed by atoms with E-state index in [1.807, 2.05) is 20.8 Å². The zero-order chi connectivity index (χ0) is 15.7. The third-order valence-electron chi connectivity index (χ3n) is 3.70. The van der Waals surface area contributed by atoms with Gasteiger partial charge in [-0.1, -0.05) is 6.92 Å². The molecule has 0 aliphatic heterocycles. The summed E-state index contributed by atoms with van der Waals surface area (Å²) in [6.07, 6.45) is 1.25. The molecule has 1 N–H and O–H groups in total. The van der Waals surface area contributed by atoms with Gasteiger partial charge in [0.15, 0.2) is 0 Å². The minimum atomic E-state index is -1.13. The Morgan fingerprint density at radius 1 is 1.35 bits per heavy atom. The fourth-order valence-corrected chi connectivity index (χ4v) is 2.97. The van der Waals surface area contributed by atoms with Gasteiger partial charge < -0.3 is 9.84 Å². The van der Waals surface area contributed by atoms with E-state index in [1.165, 1.54) is 4.90 Å². The Kier molecular flexibility index (Phi) is 4.72. The van der Waals surface area contributed by atoms with Crippen molar-refractivity contribution in [2.24, 2.45) is 5.92 Å². The maximum absolute atomic E-state index is 12.4. The van der Waals surface area contributed by atoms with E-state index in [9.17, 15) is 14.7 Å². The standard InChI is InChI=1S/C15H27NO4/c1-10(2)16(13(19)20-14(4,5)6)15(12(17)18)8-7-11(3)9-15/h10-11H,7-9H2,1-6H3,(H,17,18). The number of carbonyl (C=O) groups is 2. The highest BCUT2D eigenvalue weighted by Crippen LogP contribution is 2.41. The Hall–Kier alpha value is -1.26. The first kappa shape index (κ1) is 16.8. The second-order valence-corrected chi connectivity index (χ2v) is 7.13. The number of ether oxygens (including phenoxy) is 1. The molecule has 2 unspecified atom stereocenters. The van der Waals surface area contributed by atoms with Crippen molar-refractivity contribution >= 4 is 12.1 Å². The van der Waals surface area contributed by atoms with Crippen LogP contribution in [0.2, 0.25) is 0 Å². The molecule has 0 spiro atoms. The molecular weight excluding hydrogens is 258 g/mol. The lowest BCUT2D eigenvalue weighted by Gasteiger charge is -2.41. The highest BCUT2D eigenvalue weighted by Gasteiger charge is 2.52. The van der Waals surface area contributed by atoms with Crippen LogP contribution in [0.3, 0.4) is 0 Å². The first-order valence-electron chi connectivity index (χ1n) is 7.25. The van der Waals surface area contributed by atoms with E-state index in [0.717, 1.165) is 6.42 Å². The second kappa shape index (κ2) is 5.62. The molecule has 0 bridgehead atoms. The van der Waals surface area contributed by atoms with Gasteiger partial charge >= 0.3 is 12.1 Å². The lowest BCUT2D eigenvalue weighted by molar-refractivity contribution is -0.152. The first-order valence-corrected chi connectivity index (χ1v) is 7.25. The molecule has 20 heavy (non-hydrogen) atoms. The summed E-state index contributed by atoms with van der Waals surface area (Å²) in [5.41, 5.74) is -1.76. The molecule has 1 fully saturated rings. The van der Waals surface area contributed by atoms with Gasteiger partial charge in [-0.05, 0) is 59.8 Å². The lowest BCUT2D eigenvalue weighted by atomic mass is 9.92. The normalized spacial score (nSPS) is 26.6. The minimum absolute atomic E-state index is 0.216. The molecule has 1 rings (SSSR count). The lowest BCUT2D eigenvalue weighted by Crippen LogP contribution is -2.59. The maximum atomic E-state index is 12.4. The third-order valence-corrected chi connectivity index (χ3v) is 3.70. The van der Waals surface area contributed by atoms with E-state index in [-0.39, 0.29) is 6.04 Å². The Morgan fingerprint density at radius 2 is 1.90 bits per heavy atom. The Morgan fingerprint density at radius 3 is 2.20 bits per heavy atom. The first-order chi connectivity index (χ1) is 8.99. The number of nitrogens with zero attached hydrogens (tertiary/aromatic N) is 1. The molecule has 2 atom stereocenters. The van der Waals surface area contributed by atoms with Crippen LogP contribution in [0.4, 0.5) is 4.79 Å². The maximum Gasteiger partial charge on any atom is 0.411 e. The Labute approximate surface area is 121 Å². The summed E-state index contributed by atoms with van der Waals surface area (Å²) in [5.74, 6) is -0.629. The fourth-order valence-electron chi connectivity index (χ4n) is 2.97. The molecule has 0 saturated heterocycles. The van der Waals surface area contributed by atoms with Crippen LogP contribution >= 0.6 is 0 Å². The molecule has 5 heteroatoms. The number of hydrogen-bond acceptors (Lipinski definition) is 3. The molecule has 0 radical (unpaired) electrons. The quantitative estimate of drug-likeness (QED) is 0.864. The van der Waals surface area contributed by atoms with Crippen molar-refractivity contribution in [3.8, 4) is 0 Å². The van der Waals surface area contributed by atoms with E-state index in [2.05, 4.69) is 0 Å². The largest absolute Gasteiger partial charge is 0.479 e. The van der Waals surface area contributed by atoms with Crippen molar-refractivity contribution in [3.05, 3.63) is 0 Å². The van der Waals surface area contributed by atoms with Crippen LogP contribution in [0, 0.1) is 5.92 Å². The van der Waals surface area contributed by atoms with Crippen LogP contribution in [0.25, 0.3) is 0 Å². The van der Waals surface area contributed by atoms with E-state index in [0.29, 0.717) is 18.8 Å². The smallest absolute Gasteiger partial charge is 0.411 e. The summed E-state index contributed by atoms with van der Waals surface area (Å²) in [6.45, 7) is 11.0. The van der Waals surface area contributed by atoms with Gasteiger partial charge in [-0.3, -0.25) is 4.90 Å². The molecule has 1 saturated carbocycles. The number of carboxylic acids is 1. The molecule has 116 valence electrons. The van der Waals surface area contributed by atoms with Crippen LogP contribution in [0.5, 0.6) is 0 Å². The number of carbonyl (C=O) groups excluding carboxylic acids is 1. The summed E-state index contributed by atoms with van der Waals surface area (Å²) in [6, 6.07) is -0.216. The van der Waals surface area contributed by atoms with Crippen molar-refractivity contribution in [1.29, 1.82) is 0 Å². The monoisotopic (exact) mass is 285 g/mol. The Balaban J connectivity index is 3.11. The summed E-state index contributed by atoms with van der Waals surface area (Å²) in [5, 5.41) is 9.70. The van der Waals surface area contributed by atoms with Crippen LogP contribution < -0.4 is 0 Å². The zero-order valence-corrected chi connectivity index (χ0v) is 13.4. The predicted octanol–water partition coefficient (Wildman–Crippen LogP) is 3.28. The van der Waals surface area contributed by atoms with Crippen LogP contribution in [-0.2, 0) is 9.53 Å². The molecule has 0 aromatic heterocycles. The van der Waals surface area contributed by atoms with Crippen molar-refractivity contribution in [2.75, 3.05) is 0 Å². The van der Waals surface area contributed by atoms with Gasteiger partial charge in [0.2, 0.25) is 0 Å². The van der Waals surface area contributed by atoms with E-state index in [4.69, 9.17) is 4.74 Å². The summed E-state index contributed by atoms with van der Waals surface area (Å²) in [4.78, 5) is 25.7. The highest BCUT2D eigenvalue weighted by atomic mass is 16.6. The molecule has 1 aliphatic rings. The molecule has 1 aliphatic carbocycles. The average molecular weight is 285 g/mol. The van der Waals surface area contributed by atoms with E-state index in [1.54, 1.807) is 20.8 Å². The number of amides is 1. The van der Waals surface area contributed by atoms with Crippen LogP contribution in [0.15, 0.2) is 0 Å². The third kappa shape index (κ3) is 3.44. The van der Waals surface area contributed by atoms with Gasteiger partial charge in [0.1, 0.15) is 11.1 Å². The summed E-state index contributed by atoms with van der Waals surface area (Å²) >= 11 is 0. The number of hydrogen-bond donors (Lipinski definition) is 1. The molecular formula is C15H27NO4.